The van der Waals surface area contributed by atoms with Gasteiger partial charge in [-0.05, 0) is 38.5 Å². The first-order valence-corrected chi connectivity index (χ1v) is 4.73. The highest BCUT2D eigenvalue weighted by Crippen LogP contribution is 2.38. The molecule has 2 heteroatoms. The average Bonchev–Trinajstić information content (AvgIpc) is 2.36. The van der Waals surface area contributed by atoms with Crippen LogP contribution in [0.2, 0.25) is 0 Å². The molecule has 2 rings (SSSR count). The maximum Gasteiger partial charge on any atom is 0.0832 e. The molecule has 0 bridgehead atoms. The van der Waals surface area contributed by atoms with Gasteiger partial charge in [-0.15, -0.1) is 0 Å². The highest BCUT2D eigenvalue weighted by atomic mass is 16.5. The van der Waals surface area contributed by atoms with Crippen LogP contribution < -0.4 is 5.73 Å². The normalized spacial score (nSPS) is 45.0. The summed E-state index contributed by atoms with van der Waals surface area (Å²) in [5, 5.41) is 0. The van der Waals surface area contributed by atoms with Crippen LogP contribution in [0.5, 0.6) is 0 Å². The first-order chi connectivity index (χ1) is 5.33. The lowest BCUT2D eigenvalue weighted by atomic mass is 9.89. The van der Waals surface area contributed by atoms with E-state index in [4.69, 9.17) is 10.5 Å². The van der Waals surface area contributed by atoms with Crippen LogP contribution in [0.25, 0.3) is 0 Å². The minimum absolute atomic E-state index is 0.109. The van der Waals surface area contributed by atoms with E-state index in [1.165, 1.54) is 38.5 Å². The Morgan fingerprint density at radius 2 is 2.00 bits per heavy atom. The number of hydrogen-bond acceptors (Lipinski definition) is 2. The number of hydrogen-bond donors (Lipinski definition) is 1. The van der Waals surface area contributed by atoms with Crippen LogP contribution in [0, 0.1) is 0 Å². The van der Waals surface area contributed by atoms with Gasteiger partial charge in [0.15, 0.2) is 0 Å². The van der Waals surface area contributed by atoms with Crippen molar-refractivity contribution in [3.05, 3.63) is 0 Å². The van der Waals surface area contributed by atoms with Gasteiger partial charge in [0.1, 0.15) is 0 Å². The molecule has 64 valence electrons. The van der Waals surface area contributed by atoms with Crippen molar-refractivity contribution in [2.45, 2.75) is 50.2 Å². The molecule has 1 saturated carbocycles. The molecule has 0 aromatic carbocycles. The van der Waals surface area contributed by atoms with E-state index in [1.807, 2.05) is 0 Å². The van der Waals surface area contributed by atoms with Gasteiger partial charge >= 0.3 is 0 Å². The molecule has 0 amide bonds. The Bertz CT molecular complexity index is 140. The summed E-state index contributed by atoms with van der Waals surface area (Å²) < 4.78 is 5.81. The van der Waals surface area contributed by atoms with Crippen LogP contribution in [0.1, 0.15) is 38.5 Å². The fourth-order valence-corrected chi connectivity index (χ4v) is 2.43. The van der Waals surface area contributed by atoms with Crippen LogP contribution >= 0.6 is 0 Å². The van der Waals surface area contributed by atoms with Gasteiger partial charge in [-0.25, -0.2) is 0 Å². The highest BCUT2D eigenvalue weighted by molar-refractivity contribution is 4.98. The summed E-state index contributed by atoms with van der Waals surface area (Å²) in [6.07, 6.45) is 7.38. The van der Waals surface area contributed by atoms with Crippen molar-refractivity contribution in [1.29, 1.82) is 0 Å². The van der Waals surface area contributed by atoms with Crippen molar-refractivity contribution in [3.63, 3.8) is 0 Å². The van der Waals surface area contributed by atoms with Gasteiger partial charge in [0.2, 0.25) is 0 Å². The Morgan fingerprint density at radius 1 is 1.18 bits per heavy atom. The van der Waals surface area contributed by atoms with Crippen molar-refractivity contribution >= 4 is 0 Å². The van der Waals surface area contributed by atoms with Gasteiger partial charge in [0.05, 0.1) is 5.60 Å². The summed E-state index contributed by atoms with van der Waals surface area (Å²) in [5.41, 5.74) is 6.13. The van der Waals surface area contributed by atoms with Crippen molar-refractivity contribution < 1.29 is 4.74 Å². The summed E-state index contributed by atoms with van der Waals surface area (Å²) in [7, 11) is 0. The maximum atomic E-state index is 6.02. The summed E-state index contributed by atoms with van der Waals surface area (Å²) in [4.78, 5) is 0. The van der Waals surface area contributed by atoms with Crippen LogP contribution in [0.15, 0.2) is 0 Å². The lowest BCUT2D eigenvalue weighted by Crippen LogP contribution is -2.47. The molecular formula is C9H17NO. The molecular weight excluding hydrogens is 138 g/mol. The average molecular weight is 155 g/mol. The second-order valence-corrected chi connectivity index (χ2v) is 3.87. The third-order valence-corrected chi connectivity index (χ3v) is 3.17. The Kier molecular flexibility index (Phi) is 1.90. The Hall–Kier alpha value is -0.0800. The summed E-state index contributed by atoms with van der Waals surface area (Å²) in [6, 6.07) is 0.322. The van der Waals surface area contributed by atoms with Crippen molar-refractivity contribution in [3.8, 4) is 0 Å². The standard InChI is InChI=1S/C9H17NO/c10-8-4-3-6-9(8)5-1-2-7-11-9/h8H,1-7,10H2/t8-,9+/m0/s1. The quantitative estimate of drug-likeness (QED) is 0.574. The number of rotatable bonds is 0. The fourth-order valence-electron chi connectivity index (χ4n) is 2.43. The summed E-state index contributed by atoms with van der Waals surface area (Å²) in [5.74, 6) is 0. The molecule has 1 aliphatic carbocycles. The van der Waals surface area contributed by atoms with E-state index < -0.39 is 0 Å². The SMILES string of the molecule is N[C@H]1CCC[C@]12CCCCO2. The third-order valence-electron chi connectivity index (χ3n) is 3.17. The van der Waals surface area contributed by atoms with Crippen molar-refractivity contribution in [1.82, 2.24) is 0 Å². The molecule has 0 aromatic heterocycles. The minimum atomic E-state index is 0.109. The van der Waals surface area contributed by atoms with Gasteiger partial charge < -0.3 is 10.5 Å². The topological polar surface area (TPSA) is 35.2 Å². The molecule has 1 spiro atoms. The van der Waals surface area contributed by atoms with E-state index in [0.717, 1.165) is 6.61 Å². The summed E-state index contributed by atoms with van der Waals surface area (Å²) >= 11 is 0. The lowest BCUT2D eigenvalue weighted by Gasteiger charge is -2.37. The molecule has 1 heterocycles. The fraction of sp³-hybridized carbons (Fsp3) is 1.00. The molecule has 2 aliphatic rings. The zero-order valence-corrected chi connectivity index (χ0v) is 7.01. The Balaban J connectivity index is 2.06. The Morgan fingerprint density at radius 3 is 2.55 bits per heavy atom. The molecule has 2 atom stereocenters. The molecule has 0 aromatic rings. The molecule has 2 fully saturated rings. The highest BCUT2D eigenvalue weighted by Gasteiger charge is 2.42. The van der Waals surface area contributed by atoms with Crippen LogP contribution in [-0.4, -0.2) is 18.2 Å². The molecule has 2 nitrogen and oxygen atoms in total. The van der Waals surface area contributed by atoms with Gasteiger partial charge in [-0.1, -0.05) is 0 Å². The van der Waals surface area contributed by atoms with Gasteiger partial charge in [0.25, 0.3) is 0 Å². The second-order valence-electron chi connectivity index (χ2n) is 3.87. The van der Waals surface area contributed by atoms with Crippen LogP contribution in [0.3, 0.4) is 0 Å². The smallest absolute Gasteiger partial charge is 0.0832 e. The zero-order valence-electron chi connectivity index (χ0n) is 7.01. The summed E-state index contributed by atoms with van der Waals surface area (Å²) in [6.45, 7) is 0.938. The lowest BCUT2D eigenvalue weighted by molar-refractivity contribution is -0.0824. The van der Waals surface area contributed by atoms with Crippen molar-refractivity contribution in [2.24, 2.45) is 5.73 Å². The molecule has 11 heavy (non-hydrogen) atoms. The van der Waals surface area contributed by atoms with E-state index in [2.05, 4.69) is 0 Å². The maximum absolute atomic E-state index is 6.02. The minimum Gasteiger partial charge on any atom is -0.373 e. The van der Waals surface area contributed by atoms with E-state index in [1.54, 1.807) is 0 Å². The van der Waals surface area contributed by atoms with E-state index in [9.17, 15) is 0 Å². The van der Waals surface area contributed by atoms with Crippen LogP contribution in [0.4, 0.5) is 0 Å². The molecule has 0 unspecified atom stereocenters. The van der Waals surface area contributed by atoms with Gasteiger partial charge in [-0.3, -0.25) is 0 Å². The number of ether oxygens (including phenoxy) is 1. The van der Waals surface area contributed by atoms with Gasteiger partial charge in [0, 0.05) is 12.6 Å². The second kappa shape index (κ2) is 2.76. The number of nitrogens with two attached hydrogens (primary N) is 1. The van der Waals surface area contributed by atoms with E-state index in [-0.39, 0.29) is 5.60 Å². The largest absolute Gasteiger partial charge is 0.373 e. The predicted octanol–water partition coefficient (Wildman–Crippen LogP) is 1.44. The van der Waals surface area contributed by atoms with Gasteiger partial charge in [-0.2, -0.15) is 0 Å². The van der Waals surface area contributed by atoms with Crippen molar-refractivity contribution in [2.75, 3.05) is 6.61 Å². The third kappa shape index (κ3) is 1.18. The molecule has 1 aliphatic heterocycles. The zero-order chi connectivity index (χ0) is 7.73. The van der Waals surface area contributed by atoms with E-state index in [0.29, 0.717) is 6.04 Å². The molecule has 1 saturated heterocycles. The first-order valence-electron chi connectivity index (χ1n) is 4.73. The molecule has 0 radical (unpaired) electrons. The monoisotopic (exact) mass is 155 g/mol. The molecule has 2 N–H and O–H groups in total. The predicted molar refractivity (Wildman–Crippen MR) is 44.4 cm³/mol. The van der Waals surface area contributed by atoms with Crippen LogP contribution in [-0.2, 0) is 4.74 Å². The van der Waals surface area contributed by atoms with E-state index >= 15 is 0 Å². The Labute approximate surface area is 68.1 Å². The first kappa shape index (κ1) is 7.56.